The van der Waals surface area contributed by atoms with Gasteiger partial charge in [0.2, 0.25) is 0 Å². The zero-order valence-electron chi connectivity index (χ0n) is 34.1. The highest BCUT2D eigenvalue weighted by Gasteiger charge is 2.36. The molecule has 0 saturated carbocycles. The van der Waals surface area contributed by atoms with Crippen molar-refractivity contribution in [3.8, 4) is 22.3 Å². The van der Waals surface area contributed by atoms with E-state index in [1.54, 1.807) is 0 Å². The Labute approximate surface area is 355 Å². The Balaban J connectivity index is 0.979. The van der Waals surface area contributed by atoms with Gasteiger partial charge in [0.1, 0.15) is 17.3 Å². The van der Waals surface area contributed by atoms with Gasteiger partial charge < -0.3 is 14.6 Å². The van der Waals surface area contributed by atoms with Crippen molar-refractivity contribution in [1.82, 2.24) is 5.32 Å². The summed E-state index contributed by atoms with van der Waals surface area (Å²) in [5.41, 5.74) is 17.3. The molecule has 0 fully saturated rings. The number of nitrogens with one attached hydrogen (secondary N) is 2. The summed E-state index contributed by atoms with van der Waals surface area (Å²) in [5, 5.41) is 12.6. The number of hydrogen-bond donors (Lipinski definition) is 2. The molecule has 0 saturated heterocycles. The van der Waals surface area contributed by atoms with Crippen LogP contribution in [0.25, 0.3) is 55.0 Å². The van der Waals surface area contributed by atoms with E-state index in [1.165, 1.54) is 44.2 Å². The molecule has 2 aliphatic rings. The number of hydrogen-bond acceptors (Lipinski definition) is 4. The van der Waals surface area contributed by atoms with Gasteiger partial charge in [0, 0.05) is 44.5 Å². The largest absolute Gasteiger partial charge is 0.455 e. The van der Waals surface area contributed by atoms with E-state index in [1.807, 2.05) is 0 Å². The number of benzene rings is 9. The first-order valence-electron chi connectivity index (χ1n) is 21.2. The molecule has 2 heterocycles. The summed E-state index contributed by atoms with van der Waals surface area (Å²) < 4.78 is 6.77. The fourth-order valence-electron chi connectivity index (χ4n) is 10.1. The van der Waals surface area contributed by atoms with E-state index < -0.39 is 0 Å². The molecule has 2 N–H and O–H groups in total. The first kappa shape index (κ1) is 35.5. The van der Waals surface area contributed by atoms with Gasteiger partial charge in [0.25, 0.3) is 0 Å². The van der Waals surface area contributed by atoms with Crippen LogP contribution in [0.1, 0.15) is 53.9 Å². The third kappa shape index (κ3) is 5.78. The number of nitrogens with zero attached hydrogens (tertiary/aromatic N) is 1. The Bertz CT molecular complexity index is 3310. The molecule has 12 rings (SSSR count). The molecule has 1 aliphatic heterocycles. The Morgan fingerprint density at radius 1 is 0.492 bits per heavy atom. The van der Waals surface area contributed by atoms with Crippen LogP contribution in [0, 0.1) is 0 Å². The van der Waals surface area contributed by atoms with Gasteiger partial charge in [-0.25, -0.2) is 0 Å². The predicted molar refractivity (Wildman–Crippen MR) is 253 cm³/mol. The Morgan fingerprint density at radius 2 is 1.18 bits per heavy atom. The highest BCUT2D eigenvalue weighted by molar-refractivity contribution is 6.13. The van der Waals surface area contributed by atoms with Crippen molar-refractivity contribution in [2.75, 3.05) is 10.2 Å². The lowest BCUT2D eigenvalue weighted by Gasteiger charge is -2.36. The third-order valence-electron chi connectivity index (χ3n) is 13.1. The predicted octanol–water partition coefficient (Wildman–Crippen LogP) is 15.0. The molecule has 2 unspecified atom stereocenters. The molecule has 0 amide bonds. The van der Waals surface area contributed by atoms with Gasteiger partial charge in [-0.3, -0.25) is 5.32 Å². The van der Waals surface area contributed by atoms with E-state index in [-0.39, 0.29) is 17.6 Å². The van der Waals surface area contributed by atoms with Crippen LogP contribution in [0.2, 0.25) is 0 Å². The fraction of sp³-hybridized carbons (Fsp3) is 0.0877. The van der Waals surface area contributed by atoms with Crippen LogP contribution < -0.4 is 15.5 Å². The van der Waals surface area contributed by atoms with E-state index in [0.29, 0.717) is 0 Å². The van der Waals surface area contributed by atoms with Crippen molar-refractivity contribution >= 4 is 55.5 Å². The highest BCUT2D eigenvalue weighted by atomic mass is 16.3. The van der Waals surface area contributed by atoms with E-state index >= 15 is 0 Å². The fourth-order valence-corrected chi connectivity index (χ4v) is 10.1. The summed E-state index contributed by atoms with van der Waals surface area (Å²) in [5.74, 6) is 0. The summed E-state index contributed by atoms with van der Waals surface area (Å²) in [4.78, 5) is 2.39. The molecule has 61 heavy (non-hydrogen) atoms. The normalized spacial score (nSPS) is 16.2. The second kappa shape index (κ2) is 13.8. The minimum absolute atomic E-state index is 0.103. The minimum Gasteiger partial charge on any atom is -0.455 e. The van der Waals surface area contributed by atoms with Crippen molar-refractivity contribution in [1.29, 1.82) is 0 Å². The molecule has 9 aromatic carbocycles. The summed E-state index contributed by atoms with van der Waals surface area (Å²) in [6, 6.07) is 72.5. The molecule has 0 bridgehead atoms. The summed E-state index contributed by atoms with van der Waals surface area (Å²) >= 11 is 0. The quantitative estimate of drug-likeness (QED) is 0.176. The maximum Gasteiger partial charge on any atom is 0.143 e. The Hall–Kier alpha value is -7.40. The van der Waals surface area contributed by atoms with Gasteiger partial charge in [0.05, 0.1) is 6.04 Å². The van der Waals surface area contributed by atoms with Crippen molar-refractivity contribution in [2.45, 2.75) is 31.5 Å². The van der Waals surface area contributed by atoms with E-state index in [4.69, 9.17) is 4.42 Å². The van der Waals surface area contributed by atoms with Crippen LogP contribution in [0.15, 0.2) is 205 Å². The lowest BCUT2D eigenvalue weighted by atomic mass is 9.82. The molecule has 1 aliphatic carbocycles. The van der Waals surface area contributed by atoms with Gasteiger partial charge in [-0.15, -0.1) is 0 Å². The monoisotopic (exact) mass is 785 g/mol. The van der Waals surface area contributed by atoms with Crippen LogP contribution in [0.5, 0.6) is 0 Å². The molecule has 4 nitrogen and oxygen atoms in total. The number of para-hydroxylation sites is 2. The van der Waals surface area contributed by atoms with Crippen molar-refractivity contribution in [2.24, 2.45) is 0 Å². The van der Waals surface area contributed by atoms with E-state index in [0.717, 1.165) is 61.4 Å². The standard InChI is InChI=1S/C57H43N3O/c1-57(2)50-26-13-11-24-44(50)45-29-28-43(35-51(45)57)60(41-21-7-4-8-22-41)42-23-15-20-39(30-42)56-58-52-27-14-12-25-46(52)54(59-56)40-32-47(36-16-5-3-6-17-36)55-49(33-40)48-31-37-18-9-10-19-38(37)34-53(48)61-55/h3-35,54,56,58-59H,1-2H3. The SMILES string of the molecule is CC1(C)c2ccccc2-c2ccc(N(c3ccccc3)c3cccc(C4Nc5ccccc5C(c5cc(-c6ccccc6)c6oc7cc8ccccc8cc7c6c5)N4)c3)cc21. The van der Waals surface area contributed by atoms with E-state index in [2.05, 4.69) is 230 Å². The first-order chi connectivity index (χ1) is 30.0. The van der Waals surface area contributed by atoms with Gasteiger partial charge in [0.15, 0.2) is 0 Å². The van der Waals surface area contributed by atoms with Crippen LogP contribution in [-0.2, 0) is 5.41 Å². The topological polar surface area (TPSA) is 40.4 Å². The average molecular weight is 786 g/mol. The lowest BCUT2D eigenvalue weighted by Crippen LogP contribution is -2.37. The van der Waals surface area contributed by atoms with Gasteiger partial charge >= 0.3 is 0 Å². The van der Waals surface area contributed by atoms with Crippen molar-refractivity contribution < 1.29 is 4.42 Å². The highest BCUT2D eigenvalue weighted by Crippen LogP contribution is 2.51. The van der Waals surface area contributed by atoms with Crippen molar-refractivity contribution in [3.63, 3.8) is 0 Å². The molecular formula is C57H43N3O. The third-order valence-corrected chi connectivity index (χ3v) is 13.1. The summed E-state index contributed by atoms with van der Waals surface area (Å²) in [6.45, 7) is 4.70. The smallest absolute Gasteiger partial charge is 0.143 e. The zero-order chi connectivity index (χ0) is 40.7. The maximum absolute atomic E-state index is 6.77. The Morgan fingerprint density at radius 3 is 2.03 bits per heavy atom. The van der Waals surface area contributed by atoms with Crippen molar-refractivity contribution in [3.05, 3.63) is 228 Å². The number of anilines is 4. The zero-order valence-corrected chi connectivity index (χ0v) is 34.1. The Kier molecular flexibility index (Phi) is 8.06. The van der Waals surface area contributed by atoms with Crippen LogP contribution in [0.4, 0.5) is 22.7 Å². The number of fused-ring (bicyclic) bond motifs is 8. The van der Waals surface area contributed by atoms with Gasteiger partial charge in [-0.2, -0.15) is 0 Å². The number of furan rings is 1. The molecule has 4 heteroatoms. The average Bonchev–Trinajstić information content (AvgIpc) is 3.78. The molecule has 292 valence electrons. The summed E-state index contributed by atoms with van der Waals surface area (Å²) in [6.07, 6.45) is -0.174. The number of rotatable bonds is 6. The van der Waals surface area contributed by atoms with Crippen LogP contribution in [-0.4, -0.2) is 0 Å². The van der Waals surface area contributed by atoms with Crippen LogP contribution >= 0.6 is 0 Å². The van der Waals surface area contributed by atoms with Gasteiger partial charge in [-0.1, -0.05) is 147 Å². The molecule has 0 radical (unpaired) electrons. The van der Waals surface area contributed by atoms with Crippen LogP contribution in [0.3, 0.4) is 0 Å². The summed E-state index contributed by atoms with van der Waals surface area (Å²) in [7, 11) is 0. The van der Waals surface area contributed by atoms with Gasteiger partial charge in [-0.05, 0) is 122 Å². The molecule has 0 spiro atoms. The maximum atomic E-state index is 6.77. The molecule has 10 aromatic rings. The first-order valence-corrected chi connectivity index (χ1v) is 21.2. The molecule has 2 atom stereocenters. The molecule has 1 aromatic heterocycles. The van der Waals surface area contributed by atoms with E-state index in [9.17, 15) is 0 Å². The second-order valence-electron chi connectivity index (χ2n) is 17.0. The lowest BCUT2D eigenvalue weighted by molar-refractivity contribution is 0.506. The molecular weight excluding hydrogens is 743 g/mol. The second-order valence-corrected chi connectivity index (χ2v) is 17.0. The minimum atomic E-state index is -0.174.